The first-order chi connectivity index (χ1) is 11.4. The minimum Gasteiger partial charge on any atom is -0.481 e. The molecule has 0 radical (unpaired) electrons. The Kier molecular flexibility index (Phi) is 5.08. The average molecular weight is 369 g/mol. The fraction of sp³-hybridized carbons (Fsp3) is 0.438. The molecule has 0 saturated carbocycles. The molecule has 2 atom stereocenters. The molecule has 3 rings (SSSR count). The lowest BCUT2D eigenvalue weighted by molar-refractivity contribution is -0.144. The highest BCUT2D eigenvalue weighted by atomic mass is 35.5. The van der Waals surface area contributed by atoms with Gasteiger partial charge in [0.15, 0.2) is 0 Å². The lowest BCUT2D eigenvalue weighted by atomic mass is 9.93. The molecule has 1 aliphatic rings. The third kappa shape index (κ3) is 3.71. The van der Waals surface area contributed by atoms with E-state index < -0.39 is 5.97 Å². The summed E-state index contributed by atoms with van der Waals surface area (Å²) < 4.78 is 1.64. The second kappa shape index (κ2) is 7.09. The SMILES string of the molecule is CC1CCC(C(=O)O)CN1Cc1cn(-c2ccc(Cl)c(Cl)c2)nn1. The topological polar surface area (TPSA) is 71.2 Å². The van der Waals surface area contributed by atoms with Crippen LogP contribution in [-0.4, -0.2) is 43.6 Å². The summed E-state index contributed by atoms with van der Waals surface area (Å²) in [6, 6.07) is 5.59. The van der Waals surface area contributed by atoms with Crippen molar-refractivity contribution in [3.63, 3.8) is 0 Å². The van der Waals surface area contributed by atoms with Crippen LogP contribution in [-0.2, 0) is 11.3 Å². The van der Waals surface area contributed by atoms with Crippen molar-refractivity contribution in [2.45, 2.75) is 32.4 Å². The van der Waals surface area contributed by atoms with E-state index in [4.69, 9.17) is 23.2 Å². The molecule has 2 unspecified atom stereocenters. The van der Waals surface area contributed by atoms with E-state index in [1.165, 1.54) is 0 Å². The number of nitrogens with zero attached hydrogens (tertiary/aromatic N) is 4. The number of carbonyl (C=O) groups is 1. The minimum absolute atomic E-state index is 0.314. The molecule has 0 amide bonds. The molecule has 6 nitrogen and oxygen atoms in total. The van der Waals surface area contributed by atoms with Gasteiger partial charge in [0.05, 0.1) is 33.5 Å². The van der Waals surface area contributed by atoms with Crippen LogP contribution in [0.2, 0.25) is 10.0 Å². The molecule has 128 valence electrons. The summed E-state index contributed by atoms with van der Waals surface area (Å²) in [5.41, 5.74) is 1.57. The number of hydrogen-bond donors (Lipinski definition) is 1. The van der Waals surface area contributed by atoms with Crippen LogP contribution >= 0.6 is 23.2 Å². The van der Waals surface area contributed by atoms with Crippen LogP contribution < -0.4 is 0 Å². The van der Waals surface area contributed by atoms with E-state index in [2.05, 4.69) is 22.1 Å². The summed E-state index contributed by atoms with van der Waals surface area (Å²) in [5, 5.41) is 18.5. The number of aliphatic carboxylic acids is 1. The summed E-state index contributed by atoms with van der Waals surface area (Å²) in [6.45, 7) is 3.23. The Labute approximate surface area is 150 Å². The fourth-order valence-corrected chi connectivity index (χ4v) is 3.23. The van der Waals surface area contributed by atoms with Gasteiger partial charge in [-0.25, -0.2) is 4.68 Å². The summed E-state index contributed by atoms with van der Waals surface area (Å²) in [5.74, 6) is -1.04. The van der Waals surface area contributed by atoms with Crippen LogP contribution in [0.1, 0.15) is 25.5 Å². The highest BCUT2D eigenvalue weighted by molar-refractivity contribution is 6.42. The van der Waals surface area contributed by atoms with Crippen LogP contribution in [0.4, 0.5) is 0 Å². The molecule has 1 aliphatic heterocycles. The van der Waals surface area contributed by atoms with Crippen molar-refractivity contribution in [2.24, 2.45) is 5.92 Å². The third-order valence-electron chi connectivity index (χ3n) is 4.43. The Morgan fingerprint density at radius 3 is 2.83 bits per heavy atom. The zero-order valence-electron chi connectivity index (χ0n) is 13.2. The summed E-state index contributed by atoms with van der Waals surface area (Å²) in [7, 11) is 0. The Hall–Kier alpha value is -1.63. The van der Waals surface area contributed by atoms with Crippen LogP contribution in [0, 0.1) is 5.92 Å². The number of likely N-dealkylation sites (tertiary alicyclic amines) is 1. The van der Waals surface area contributed by atoms with Gasteiger partial charge >= 0.3 is 5.97 Å². The minimum atomic E-state index is -0.730. The molecule has 2 heterocycles. The van der Waals surface area contributed by atoms with Gasteiger partial charge in [-0.3, -0.25) is 9.69 Å². The fourth-order valence-electron chi connectivity index (χ4n) is 2.93. The number of hydrogen-bond acceptors (Lipinski definition) is 4. The van der Waals surface area contributed by atoms with Gasteiger partial charge in [-0.05, 0) is 38.0 Å². The monoisotopic (exact) mass is 368 g/mol. The number of aromatic nitrogens is 3. The van der Waals surface area contributed by atoms with Crippen molar-refractivity contribution >= 4 is 29.2 Å². The van der Waals surface area contributed by atoms with Crippen LogP contribution in [0.15, 0.2) is 24.4 Å². The summed E-state index contributed by atoms with van der Waals surface area (Å²) in [4.78, 5) is 13.4. The second-order valence-corrected chi connectivity index (χ2v) is 6.96. The highest BCUT2D eigenvalue weighted by Gasteiger charge is 2.30. The Morgan fingerprint density at radius 1 is 1.33 bits per heavy atom. The summed E-state index contributed by atoms with van der Waals surface area (Å²) in [6.07, 6.45) is 3.43. The molecule has 0 aliphatic carbocycles. The van der Waals surface area contributed by atoms with Gasteiger partial charge in [0.25, 0.3) is 0 Å². The maximum atomic E-state index is 11.2. The van der Waals surface area contributed by atoms with E-state index in [9.17, 15) is 9.90 Å². The van der Waals surface area contributed by atoms with Crippen molar-refractivity contribution in [3.05, 3.63) is 40.1 Å². The molecule has 24 heavy (non-hydrogen) atoms. The van der Waals surface area contributed by atoms with E-state index in [0.717, 1.165) is 24.2 Å². The quantitative estimate of drug-likeness (QED) is 0.896. The molecule has 8 heteroatoms. The maximum Gasteiger partial charge on any atom is 0.307 e. The van der Waals surface area contributed by atoms with Gasteiger partial charge in [-0.15, -0.1) is 5.10 Å². The second-order valence-electron chi connectivity index (χ2n) is 6.14. The van der Waals surface area contributed by atoms with Crippen LogP contribution in [0.25, 0.3) is 5.69 Å². The van der Waals surface area contributed by atoms with Crippen molar-refractivity contribution < 1.29 is 9.90 Å². The zero-order valence-corrected chi connectivity index (χ0v) is 14.7. The number of carboxylic acids is 1. The first-order valence-electron chi connectivity index (χ1n) is 7.77. The summed E-state index contributed by atoms with van der Waals surface area (Å²) >= 11 is 12.0. The standard InChI is InChI=1S/C16H18Cl2N4O2/c1-10-2-3-11(16(23)24)7-21(10)8-12-9-22(20-19-12)13-4-5-14(17)15(18)6-13/h4-6,9-11H,2-3,7-8H2,1H3,(H,23,24). The molecule has 1 aromatic heterocycles. The number of halogens is 2. The van der Waals surface area contributed by atoms with Gasteiger partial charge in [-0.2, -0.15) is 0 Å². The van der Waals surface area contributed by atoms with Crippen molar-refractivity contribution in [2.75, 3.05) is 6.54 Å². The Bertz CT molecular complexity index is 749. The molecule has 1 aromatic carbocycles. The van der Waals surface area contributed by atoms with Gasteiger partial charge in [0, 0.05) is 19.1 Å². The molecule has 1 fully saturated rings. The van der Waals surface area contributed by atoms with E-state index in [0.29, 0.717) is 29.2 Å². The first-order valence-corrected chi connectivity index (χ1v) is 8.53. The molecular weight excluding hydrogens is 351 g/mol. The smallest absolute Gasteiger partial charge is 0.307 e. The number of benzene rings is 1. The van der Waals surface area contributed by atoms with Gasteiger partial charge in [-0.1, -0.05) is 28.4 Å². The lowest BCUT2D eigenvalue weighted by Gasteiger charge is -2.35. The van der Waals surface area contributed by atoms with Gasteiger partial charge < -0.3 is 5.11 Å². The van der Waals surface area contributed by atoms with Crippen molar-refractivity contribution in [1.82, 2.24) is 19.9 Å². The number of carboxylic acid groups (broad SMARTS) is 1. The van der Waals surface area contributed by atoms with E-state index in [1.807, 2.05) is 12.3 Å². The predicted molar refractivity (Wildman–Crippen MR) is 91.6 cm³/mol. The van der Waals surface area contributed by atoms with E-state index in [1.54, 1.807) is 16.8 Å². The van der Waals surface area contributed by atoms with Gasteiger partial charge in [0.1, 0.15) is 0 Å². The molecule has 0 bridgehead atoms. The molecule has 1 N–H and O–H groups in total. The van der Waals surface area contributed by atoms with E-state index >= 15 is 0 Å². The van der Waals surface area contributed by atoms with Crippen molar-refractivity contribution in [1.29, 1.82) is 0 Å². The average Bonchev–Trinajstić information content (AvgIpc) is 3.00. The third-order valence-corrected chi connectivity index (χ3v) is 5.17. The lowest BCUT2D eigenvalue weighted by Crippen LogP contribution is -2.43. The first kappa shape index (κ1) is 17.2. The zero-order chi connectivity index (χ0) is 17.3. The maximum absolute atomic E-state index is 11.2. The molecular formula is C16H18Cl2N4O2. The van der Waals surface area contributed by atoms with Crippen LogP contribution in [0.5, 0.6) is 0 Å². The molecule has 1 saturated heterocycles. The van der Waals surface area contributed by atoms with Gasteiger partial charge in [0.2, 0.25) is 0 Å². The number of piperidine rings is 1. The Morgan fingerprint density at radius 2 is 2.12 bits per heavy atom. The highest BCUT2D eigenvalue weighted by Crippen LogP contribution is 2.25. The molecule has 0 spiro atoms. The number of rotatable bonds is 4. The molecule has 2 aromatic rings. The van der Waals surface area contributed by atoms with Crippen molar-refractivity contribution in [3.8, 4) is 5.69 Å². The van der Waals surface area contributed by atoms with Crippen LogP contribution in [0.3, 0.4) is 0 Å². The van der Waals surface area contributed by atoms with E-state index in [-0.39, 0.29) is 5.92 Å². The Balaban J connectivity index is 1.73. The largest absolute Gasteiger partial charge is 0.481 e. The predicted octanol–water partition coefficient (Wildman–Crippen LogP) is 3.26. The normalized spacial score (nSPS) is 21.8.